The number of aliphatic hydroxyl groups is 1. The van der Waals surface area contributed by atoms with E-state index in [-0.39, 0.29) is 0 Å². The number of pyridine rings is 1. The van der Waals surface area contributed by atoms with Crippen LogP contribution in [0.1, 0.15) is 56.7 Å². The summed E-state index contributed by atoms with van der Waals surface area (Å²) in [6.45, 7) is 2.20. The van der Waals surface area contributed by atoms with Gasteiger partial charge in [0.2, 0.25) is 0 Å². The predicted molar refractivity (Wildman–Crippen MR) is 98.6 cm³/mol. The summed E-state index contributed by atoms with van der Waals surface area (Å²) in [7, 11) is 1.60. The van der Waals surface area contributed by atoms with Gasteiger partial charge in [0.15, 0.2) is 0 Å². The van der Waals surface area contributed by atoms with E-state index in [2.05, 4.69) is 11.9 Å². The predicted octanol–water partition coefficient (Wildman–Crippen LogP) is 5.34. The standard InChI is InChI=1S/C20H26ClNO2/c1-3-4-5-6-7-13-20(23,16-9-8-10-17(21)14-16)19-12-11-18(24-2)15-22-19/h8-12,14-15,23H,3-7,13H2,1-2H3. The number of aromatic nitrogens is 1. The van der Waals surface area contributed by atoms with Crippen LogP contribution in [-0.2, 0) is 5.60 Å². The topological polar surface area (TPSA) is 42.4 Å². The van der Waals surface area contributed by atoms with Crippen molar-refractivity contribution in [2.24, 2.45) is 0 Å². The van der Waals surface area contributed by atoms with Crippen LogP contribution in [0.3, 0.4) is 0 Å². The normalized spacial score (nSPS) is 13.5. The van der Waals surface area contributed by atoms with Crippen LogP contribution in [0.25, 0.3) is 0 Å². The molecule has 2 aromatic rings. The number of benzene rings is 1. The molecule has 24 heavy (non-hydrogen) atoms. The van der Waals surface area contributed by atoms with Crippen LogP contribution >= 0.6 is 11.6 Å². The molecule has 0 aliphatic carbocycles. The molecule has 0 aliphatic rings. The Hall–Kier alpha value is -1.58. The third kappa shape index (κ3) is 4.71. The molecule has 4 heteroatoms. The lowest BCUT2D eigenvalue weighted by Crippen LogP contribution is -2.28. The van der Waals surface area contributed by atoms with Gasteiger partial charge in [-0.25, -0.2) is 0 Å². The van der Waals surface area contributed by atoms with Crippen molar-refractivity contribution in [2.45, 2.75) is 51.0 Å². The summed E-state index contributed by atoms with van der Waals surface area (Å²) < 4.78 is 5.17. The van der Waals surface area contributed by atoms with Crippen molar-refractivity contribution >= 4 is 11.6 Å². The molecule has 1 aromatic heterocycles. The Morgan fingerprint density at radius 2 is 1.92 bits per heavy atom. The largest absolute Gasteiger partial charge is 0.495 e. The van der Waals surface area contributed by atoms with Gasteiger partial charge in [0, 0.05) is 5.02 Å². The van der Waals surface area contributed by atoms with E-state index >= 15 is 0 Å². The molecule has 0 bridgehead atoms. The van der Waals surface area contributed by atoms with Crippen molar-refractivity contribution in [3.05, 3.63) is 58.9 Å². The molecule has 3 nitrogen and oxygen atoms in total. The maximum Gasteiger partial charge on any atom is 0.137 e. The monoisotopic (exact) mass is 347 g/mol. The zero-order valence-corrected chi connectivity index (χ0v) is 15.2. The lowest BCUT2D eigenvalue weighted by atomic mass is 9.85. The first kappa shape index (κ1) is 18.8. The average molecular weight is 348 g/mol. The van der Waals surface area contributed by atoms with Crippen molar-refractivity contribution in [1.29, 1.82) is 0 Å². The molecule has 1 unspecified atom stereocenters. The second-order valence-corrected chi connectivity index (χ2v) is 6.55. The molecule has 0 spiro atoms. The summed E-state index contributed by atoms with van der Waals surface area (Å²) >= 11 is 6.14. The number of ether oxygens (including phenoxy) is 1. The second-order valence-electron chi connectivity index (χ2n) is 6.12. The number of hydrogen-bond acceptors (Lipinski definition) is 3. The molecule has 1 atom stereocenters. The molecule has 0 saturated heterocycles. The summed E-state index contributed by atoms with van der Waals surface area (Å²) in [6, 6.07) is 11.1. The Kier molecular flexibility index (Phi) is 7.07. The average Bonchev–Trinajstić information content (AvgIpc) is 2.61. The quantitative estimate of drug-likeness (QED) is 0.622. The molecule has 2 rings (SSSR count). The minimum Gasteiger partial charge on any atom is -0.495 e. The minimum absolute atomic E-state index is 0.616. The van der Waals surface area contributed by atoms with Crippen molar-refractivity contribution in [3.8, 4) is 5.75 Å². The summed E-state index contributed by atoms with van der Waals surface area (Å²) in [6.07, 6.45) is 7.94. The van der Waals surface area contributed by atoms with Crippen LogP contribution in [0.5, 0.6) is 5.75 Å². The van der Waals surface area contributed by atoms with Gasteiger partial charge in [-0.2, -0.15) is 0 Å². The zero-order valence-electron chi connectivity index (χ0n) is 14.5. The SMILES string of the molecule is CCCCCCCC(O)(c1cccc(Cl)c1)c1ccc(OC)cn1. The third-order valence-corrected chi connectivity index (χ3v) is 4.58. The van der Waals surface area contributed by atoms with Gasteiger partial charge in [0.25, 0.3) is 0 Å². The van der Waals surface area contributed by atoms with Gasteiger partial charge in [-0.3, -0.25) is 4.98 Å². The number of halogens is 1. The van der Waals surface area contributed by atoms with E-state index in [0.29, 0.717) is 22.9 Å². The Morgan fingerprint density at radius 3 is 2.54 bits per heavy atom. The van der Waals surface area contributed by atoms with Crippen LogP contribution in [0.4, 0.5) is 0 Å². The first-order valence-electron chi connectivity index (χ1n) is 8.59. The molecule has 1 N–H and O–H groups in total. The van der Waals surface area contributed by atoms with E-state index in [1.165, 1.54) is 19.3 Å². The van der Waals surface area contributed by atoms with Crippen LogP contribution in [0.2, 0.25) is 5.02 Å². The minimum atomic E-state index is -1.14. The van der Waals surface area contributed by atoms with Crippen LogP contribution in [-0.4, -0.2) is 17.2 Å². The van der Waals surface area contributed by atoms with Crippen LogP contribution in [0.15, 0.2) is 42.6 Å². The van der Waals surface area contributed by atoms with Gasteiger partial charge in [0.05, 0.1) is 19.0 Å². The molecule has 0 radical (unpaired) electrons. The number of methoxy groups -OCH3 is 1. The highest BCUT2D eigenvalue weighted by molar-refractivity contribution is 6.30. The van der Waals surface area contributed by atoms with Gasteiger partial charge in [0.1, 0.15) is 11.4 Å². The highest BCUT2D eigenvalue weighted by Gasteiger charge is 2.32. The first-order valence-corrected chi connectivity index (χ1v) is 8.97. The fourth-order valence-corrected chi connectivity index (χ4v) is 3.09. The summed E-state index contributed by atoms with van der Waals surface area (Å²) in [5.74, 6) is 0.676. The number of hydrogen-bond donors (Lipinski definition) is 1. The molecule has 0 aliphatic heterocycles. The fourth-order valence-electron chi connectivity index (χ4n) is 2.90. The first-order chi connectivity index (χ1) is 11.6. The molecular weight excluding hydrogens is 322 g/mol. The van der Waals surface area contributed by atoms with Crippen molar-refractivity contribution in [1.82, 2.24) is 4.98 Å². The van der Waals surface area contributed by atoms with E-state index in [9.17, 15) is 5.11 Å². The van der Waals surface area contributed by atoms with Gasteiger partial charge in [-0.05, 0) is 42.7 Å². The van der Waals surface area contributed by atoms with E-state index in [1.807, 2.05) is 36.4 Å². The molecule has 130 valence electrons. The Labute approximate surface area is 149 Å². The lowest BCUT2D eigenvalue weighted by Gasteiger charge is -2.28. The highest BCUT2D eigenvalue weighted by atomic mass is 35.5. The number of rotatable bonds is 9. The summed E-state index contributed by atoms with van der Waals surface area (Å²) in [5, 5.41) is 12.1. The van der Waals surface area contributed by atoms with Crippen molar-refractivity contribution in [2.75, 3.05) is 7.11 Å². The number of unbranched alkanes of at least 4 members (excludes halogenated alkanes) is 4. The van der Waals surface area contributed by atoms with Gasteiger partial charge < -0.3 is 9.84 Å². The van der Waals surface area contributed by atoms with Gasteiger partial charge in [-0.1, -0.05) is 56.3 Å². The third-order valence-electron chi connectivity index (χ3n) is 4.34. The van der Waals surface area contributed by atoms with E-state index in [1.54, 1.807) is 13.3 Å². The van der Waals surface area contributed by atoms with Gasteiger partial charge in [-0.15, -0.1) is 0 Å². The maximum atomic E-state index is 11.4. The molecule has 0 saturated carbocycles. The highest BCUT2D eigenvalue weighted by Crippen LogP contribution is 2.35. The lowest BCUT2D eigenvalue weighted by molar-refractivity contribution is 0.0633. The fraction of sp³-hybridized carbons (Fsp3) is 0.450. The van der Waals surface area contributed by atoms with Crippen LogP contribution < -0.4 is 4.74 Å². The van der Waals surface area contributed by atoms with E-state index in [0.717, 1.165) is 18.4 Å². The van der Waals surface area contributed by atoms with E-state index < -0.39 is 5.60 Å². The molecular formula is C20H26ClNO2. The summed E-state index contributed by atoms with van der Waals surface area (Å²) in [4.78, 5) is 4.42. The molecule has 0 fully saturated rings. The zero-order chi connectivity index (χ0) is 17.4. The number of nitrogens with zero attached hydrogens (tertiary/aromatic N) is 1. The second kappa shape index (κ2) is 9.05. The van der Waals surface area contributed by atoms with Crippen molar-refractivity contribution in [3.63, 3.8) is 0 Å². The van der Waals surface area contributed by atoms with Crippen molar-refractivity contribution < 1.29 is 9.84 Å². The Morgan fingerprint density at radius 1 is 1.12 bits per heavy atom. The molecule has 1 heterocycles. The van der Waals surface area contributed by atoms with E-state index in [4.69, 9.17) is 16.3 Å². The molecule has 1 aromatic carbocycles. The Balaban J connectivity index is 2.25. The maximum absolute atomic E-state index is 11.4. The summed E-state index contributed by atoms with van der Waals surface area (Å²) in [5.41, 5.74) is 0.271. The smallest absolute Gasteiger partial charge is 0.137 e. The van der Waals surface area contributed by atoms with Crippen LogP contribution in [0, 0.1) is 0 Å². The Bertz CT molecular complexity index is 630. The van der Waals surface area contributed by atoms with Gasteiger partial charge >= 0.3 is 0 Å². The molecule has 0 amide bonds.